The number of hydrogen-bond donors (Lipinski definition) is 1. The second kappa shape index (κ2) is 6.63. The van der Waals surface area contributed by atoms with Gasteiger partial charge in [-0.05, 0) is 12.8 Å². The summed E-state index contributed by atoms with van der Waals surface area (Å²) in [4.78, 5) is 13.3. The monoisotopic (exact) mass is 294 g/mol. The highest BCUT2D eigenvalue weighted by Crippen LogP contribution is 2.38. The lowest BCUT2D eigenvalue weighted by molar-refractivity contribution is -0.226. The standard InChI is InChI=1S/C11H22NO6P/c1-16-19(14,15)17-8-10-9(13)7-11(18-10)12-5-3-2-4-6-12/h9-11,13H,2-8H2,1H3,(H,14,15)/p-1/t9?,10-,11-/m1/s1. The van der Waals surface area contributed by atoms with E-state index < -0.39 is 20.0 Å². The highest BCUT2D eigenvalue weighted by Gasteiger charge is 2.38. The van der Waals surface area contributed by atoms with E-state index in [4.69, 9.17) is 4.74 Å². The number of aliphatic hydroxyl groups is 1. The molecule has 2 aliphatic rings. The highest BCUT2D eigenvalue weighted by atomic mass is 31.2. The lowest BCUT2D eigenvalue weighted by atomic mass is 10.1. The molecule has 0 aliphatic carbocycles. The molecule has 8 heteroatoms. The Balaban J connectivity index is 1.81. The lowest BCUT2D eigenvalue weighted by Gasteiger charge is -2.31. The number of aliphatic hydroxyl groups excluding tert-OH is 1. The minimum absolute atomic E-state index is 0.141. The molecule has 2 unspecified atom stereocenters. The average Bonchev–Trinajstić information content (AvgIpc) is 2.79. The first-order chi connectivity index (χ1) is 9.02. The molecule has 19 heavy (non-hydrogen) atoms. The van der Waals surface area contributed by atoms with Crippen LogP contribution in [-0.4, -0.2) is 55.2 Å². The minimum Gasteiger partial charge on any atom is -0.756 e. The van der Waals surface area contributed by atoms with Crippen LogP contribution in [0.2, 0.25) is 0 Å². The van der Waals surface area contributed by atoms with Crippen LogP contribution in [0.3, 0.4) is 0 Å². The highest BCUT2D eigenvalue weighted by molar-refractivity contribution is 7.45. The van der Waals surface area contributed by atoms with Crippen molar-refractivity contribution in [3.05, 3.63) is 0 Å². The van der Waals surface area contributed by atoms with E-state index in [2.05, 4.69) is 13.9 Å². The van der Waals surface area contributed by atoms with Crippen LogP contribution in [0.1, 0.15) is 25.7 Å². The fraction of sp³-hybridized carbons (Fsp3) is 1.00. The molecule has 0 aromatic heterocycles. The molecule has 0 bridgehead atoms. The van der Waals surface area contributed by atoms with Crippen LogP contribution in [0.4, 0.5) is 0 Å². The predicted octanol–water partition coefficient (Wildman–Crippen LogP) is 0.0796. The minimum atomic E-state index is -4.26. The largest absolute Gasteiger partial charge is 0.756 e. The fourth-order valence-electron chi connectivity index (χ4n) is 2.52. The molecule has 0 spiro atoms. The van der Waals surface area contributed by atoms with Crippen molar-refractivity contribution < 1.29 is 28.3 Å². The Morgan fingerprint density at radius 3 is 2.74 bits per heavy atom. The van der Waals surface area contributed by atoms with Crippen LogP contribution in [0.15, 0.2) is 0 Å². The van der Waals surface area contributed by atoms with Crippen molar-refractivity contribution in [1.82, 2.24) is 4.90 Å². The average molecular weight is 294 g/mol. The van der Waals surface area contributed by atoms with Gasteiger partial charge in [0.2, 0.25) is 0 Å². The number of phosphoric ester groups is 1. The number of phosphoric acid groups is 1. The van der Waals surface area contributed by atoms with Gasteiger partial charge >= 0.3 is 0 Å². The van der Waals surface area contributed by atoms with E-state index in [1.54, 1.807) is 0 Å². The molecule has 0 aromatic carbocycles. The molecule has 2 aliphatic heterocycles. The predicted molar refractivity (Wildman–Crippen MR) is 65.3 cm³/mol. The second-order valence-corrected chi connectivity index (χ2v) is 6.47. The number of ether oxygens (including phenoxy) is 1. The normalized spacial score (nSPS) is 36.3. The third-order valence-corrected chi connectivity index (χ3v) is 4.54. The van der Waals surface area contributed by atoms with E-state index in [1.165, 1.54) is 6.42 Å². The molecule has 112 valence electrons. The number of nitrogens with zero attached hydrogens (tertiary/aromatic N) is 1. The van der Waals surface area contributed by atoms with Gasteiger partial charge in [0, 0.05) is 26.6 Å². The molecule has 0 radical (unpaired) electrons. The molecule has 2 heterocycles. The molecule has 0 aromatic rings. The van der Waals surface area contributed by atoms with Gasteiger partial charge in [0.05, 0.1) is 12.7 Å². The topological polar surface area (TPSA) is 91.3 Å². The molecule has 7 nitrogen and oxygen atoms in total. The van der Waals surface area contributed by atoms with E-state index in [0.29, 0.717) is 6.42 Å². The Kier molecular flexibility index (Phi) is 5.37. The Morgan fingerprint density at radius 2 is 2.11 bits per heavy atom. The van der Waals surface area contributed by atoms with Crippen LogP contribution in [0, 0.1) is 0 Å². The van der Waals surface area contributed by atoms with Crippen molar-refractivity contribution in [3.63, 3.8) is 0 Å². The summed E-state index contributed by atoms with van der Waals surface area (Å²) in [6.07, 6.45) is 2.52. The SMILES string of the molecule is COP(=O)([O-])OC[C@H]1O[C@@H](N2CCCCC2)CC1O. The third kappa shape index (κ3) is 4.23. The van der Waals surface area contributed by atoms with E-state index >= 15 is 0 Å². The summed E-state index contributed by atoms with van der Waals surface area (Å²) < 4.78 is 25.6. The van der Waals surface area contributed by atoms with Gasteiger partial charge in [-0.2, -0.15) is 0 Å². The molecule has 2 rings (SSSR count). The maximum absolute atomic E-state index is 11.1. The molecular weight excluding hydrogens is 273 g/mol. The van der Waals surface area contributed by atoms with Gasteiger partial charge in [-0.3, -0.25) is 9.46 Å². The molecule has 0 saturated carbocycles. The summed E-state index contributed by atoms with van der Waals surface area (Å²) in [7, 11) is -3.22. The maximum atomic E-state index is 11.1. The zero-order valence-electron chi connectivity index (χ0n) is 11.1. The van der Waals surface area contributed by atoms with E-state index in [-0.39, 0.29) is 12.8 Å². The van der Waals surface area contributed by atoms with Crippen LogP contribution < -0.4 is 4.89 Å². The molecule has 2 fully saturated rings. The number of likely N-dealkylation sites (tertiary alicyclic amines) is 1. The summed E-state index contributed by atoms with van der Waals surface area (Å²) in [5.74, 6) is 0. The zero-order chi connectivity index (χ0) is 13.9. The second-order valence-electron chi connectivity index (χ2n) is 4.95. The van der Waals surface area contributed by atoms with E-state index in [1.807, 2.05) is 0 Å². The quantitative estimate of drug-likeness (QED) is 0.718. The Hall–Kier alpha value is -0.0100. The Morgan fingerprint density at radius 1 is 1.42 bits per heavy atom. The first-order valence-corrected chi connectivity index (χ1v) is 8.07. The van der Waals surface area contributed by atoms with Crippen LogP contribution in [0.5, 0.6) is 0 Å². The Bertz CT molecular complexity index is 335. The van der Waals surface area contributed by atoms with Crippen molar-refractivity contribution in [1.29, 1.82) is 0 Å². The molecule has 1 N–H and O–H groups in total. The van der Waals surface area contributed by atoms with Crippen molar-refractivity contribution >= 4 is 7.82 Å². The number of hydrogen-bond acceptors (Lipinski definition) is 7. The van der Waals surface area contributed by atoms with Gasteiger partial charge in [0.1, 0.15) is 12.3 Å². The summed E-state index contributed by atoms with van der Waals surface area (Å²) in [6, 6.07) is 0. The van der Waals surface area contributed by atoms with Crippen LogP contribution in [-0.2, 0) is 18.3 Å². The number of piperidine rings is 1. The van der Waals surface area contributed by atoms with Crippen molar-refractivity contribution in [3.8, 4) is 0 Å². The maximum Gasteiger partial charge on any atom is 0.267 e. The fourth-order valence-corrected chi connectivity index (χ4v) is 2.95. The van der Waals surface area contributed by atoms with Crippen molar-refractivity contribution in [2.45, 2.75) is 44.1 Å². The molecular formula is C11H21NO6P-. The van der Waals surface area contributed by atoms with Crippen molar-refractivity contribution in [2.75, 3.05) is 26.8 Å². The smallest absolute Gasteiger partial charge is 0.267 e. The van der Waals surface area contributed by atoms with E-state index in [9.17, 15) is 14.6 Å². The summed E-state index contributed by atoms with van der Waals surface area (Å²) in [6.45, 7) is 1.71. The van der Waals surface area contributed by atoms with Gasteiger partial charge in [-0.25, -0.2) is 0 Å². The summed E-state index contributed by atoms with van der Waals surface area (Å²) >= 11 is 0. The third-order valence-electron chi connectivity index (χ3n) is 3.62. The molecule has 4 atom stereocenters. The molecule has 0 amide bonds. The summed E-state index contributed by atoms with van der Waals surface area (Å²) in [5.41, 5.74) is 0. The number of rotatable bonds is 5. The summed E-state index contributed by atoms with van der Waals surface area (Å²) in [5, 5.41) is 9.90. The van der Waals surface area contributed by atoms with E-state index in [0.717, 1.165) is 33.0 Å². The van der Waals surface area contributed by atoms with Gasteiger partial charge in [-0.15, -0.1) is 0 Å². The Labute approximate surface area is 113 Å². The van der Waals surface area contributed by atoms with Crippen LogP contribution in [0.25, 0.3) is 0 Å². The van der Waals surface area contributed by atoms with Gasteiger partial charge in [0.25, 0.3) is 7.82 Å². The van der Waals surface area contributed by atoms with Gasteiger partial charge in [0.15, 0.2) is 0 Å². The van der Waals surface area contributed by atoms with Crippen molar-refractivity contribution in [2.24, 2.45) is 0 Å². The first-order valence-electron chi connectivity index (χ1n) is 6.61. The van der Waals surface area contributed by atoms with Gasteiger partial charge in [-0.1, -0.05) is 6.42 Å². The first kappa shape index (κ1) is 15.4. The van der Waals surface area contributed by atoms with Gasteiger partial charge < -0.3 is 23.8 Å². The zero-order valence-corrected chi connectivity index (χ0v) is 12.0. The lowest BCUT2D eigenvalue weighted by Crippen LogP contribution is -2.39. The molecule has 2 saturated heterocycles. The van der Waals surface area contributed by atoms with Crippen LogP contribution >= 0.6 is 7.82 Å².